The van der Waals surface area contributed by atoms with E-state index in [1.54, 1.807) is 18.2 Å². The highest BCUT2D eigenvalue weighted by Crippen LogP contribution is 2.41. The summed E-state index contributed by atoms with van der Waals surface area (Å²) in [5.41, 5.74) is 2.53. The van der Waals surface area contributed by atoms with E-state index < -0.39 is 17.7 Å². The first kappa shape index (κ1) is 34.5. The number of halogens is 2. The van der Waals surface area contributed by atoms with Crippen LogP contribution in [0, 0.1) is 11.6 Å². The second-order valence-corrected chi connectivity index (χ2v) is 12.9. The molecular formula is C36H46F2N8O3. The highest BCUT2D eigenvalue weighted by atomic mass is 19.1. The number of amides is 1. The minimum Gasteiger partial charge on any atom is -0.494 e. The first-order valence-electron chi connectivity index (χ1n) is 17.1. The Bertz CT molecular complexity index is 1610. The van der Waals surface area contributed by atoms with Gasteiger partial charge in [0.2, 0.25) is 5.91 Å². The van der Waals surface area contributed by atoms with Crippen LogP contribution in [0.25, 0.3) is 0 Å². The zero-order valence-electron chi connectivity index (χ0n) is 28.5. The van der Waals surface area contributed by atoms with Gasteiger partial charge in [-0.3, -0.25) is 19.4 Å². The first-order valence-corrected chi connectivity index (χ1v) is 17.1. The normalized spacial score (nSPS) is 19.9. The SMILES string of the molecule is C=CC(=O)Nc1cc(Nc2cc(N3OCC[C@@H]3c3cc(F)cc(F)c3)ncn2)c(OC)cc1N1CCC(N2CCN(C(C)CC)CC2)CC1. The van der Waals surface area contributed by atoms with Crippen LogP contribution in [0.4, 0.5) is 37.5 Å². The van der Waals surface area contributed by atoms with Crippen molar-refractivity contribution in [2.45, 2.75) is 57.7 Å². The molecule has 3 fully saturated rings. The van der Waals surface area contributed by atoms with Crippen molar-refractivity contribution in [1.29, 1.82) is 0 Å². The van der Waals surface area contributed by atoms with Crippen LogP contribution in [0.15, 0.2) is 55.4 Å². The summed E-state index contributed by atoms with van der Waals surface area (Å²) in [7, 11) is 1.60. The number of benzene rings is 2. The molecule has 3 saturated heterocycles. The molecule has 0 saturated carbocycles. The van der Waals surface area contributed by atoms with Crippen molar-refractivity contribution in [2.75, 3.05) is 73.6 Å². The number of methoxy groups -OCH3 is 1. The highest BCUT2D eigenvalue weighted by Gasteiger charge is 2.31. The van der Waals surface area contributed by atoms with Gasteiger partial charge in [-0.2, -0.15) is 0 Å². The Balaban J connectivity index is 1.19. The van der Waals surface area contributed by atoms with Crippen molar-refractivity contribution in [3.05, 3.63) is 72.6 Å². The molecule has 1 unspecified atom stereocenters. The predicted molar refractivity (Wildman–Crippen MR) is 187 cm³/mol. The number of carbonyl (C=O) groups is 1. The topological polar surface area (TPSA) is 98.3 Å². The molecule has 1 amide bonds. The van der Waals surface area contributed by atoms with Crippen molar-refractivity contribution in [3.63, 3.8) is 0 Å². The van der Waals surface area contributed by atoms with Crippen molar-refractivity contribution in [1.82, 2.24) is 19.8 Å². The van der Waals surface area contributed by atoms with Gasteiger partial charge in [0.05, 0.1) is 36.8 Å². The number of rotatable bonds is 11. The first-order chi connectivity index (χ1) is 23.8. The molecule has 6 rings (SSSR count). The number of piperidine rings is 1. The van der Waals surface area contributed by atoms with E-state index in [9.17, 15) is 13.6 Å². The largest absolute Gasteiger partial charge is 0.494 e. The molecule has 0 aliphatic carbocycles. The Hall–Kier alpha value is -4.33. The van der Waals surface area contributed by atoms with Gasteiger partial charge in [-0.25, -0.2) is 23.8 Å². The van der Waals surface area contributed by atoms with E-state index in [0.717, 1.165) is 63.9 Å². The summed E-state index contributed by atoms with van der Waals surface area (Å²) in [5, 5.41) is 7.84. The van der Waals surface area contributed by atoms with Crippen LogP contribution >= 0.6 is 0 Å². The molecule has 0 spiro atoms. The Morgan fingerprint density at radius 2 is 1.76 bits per heavy atom. The second kappa shape index (κ2) is 15.5. The molecule has 262 valence electrons. The van der Waals surface area contributed by atoms with Gasteiger partial charge in [0.15, 0.2) is 5.82 Å². The Labute approximate surface area is 286 Å². The van der Waals surface area contributed by atoms with Gasteiger partial charge in [-0.15, -0.1) is 0 Å². The summed E-state index contributed by atoms with van der Waals surface area (Å²) in [6, 6.07) is 9.65. The van der Waals surface area contributed by atoms with E-state index in [-0.39, 0.29) is 5.91 Å². The van der Waals surface area contributed by atoms with Gasteiger partial charge in [0.25, 0.3) is 0 Å². The zero-order chi connectivity index (χ0) is 34.5. The molecule has 49 heavy (non-hydrogen) atoms. The number of aromatic nitrogens is 2. The lowest BCUT2D eigenvalue weighted by Gasteiger charge is -2.44. The maximum atomic E-state index is 14.0. The molecule has 2 aromatic carbocycles. The average molecular weight is 677 g/mol. The fraction of sp³-hybridized carbons (Fsp3) is 0.472. The average Bonchev–Trinajstić information content (AvgIpc) is 3.62. The molecule has 13 heteroatoms. The molecular weight excluding hydrogens is 630 g/mol. The summed E-state index contributed by atoms with van der Waals surface area (Å²) < 4.78 is 33.9. The molecule has 0 bridgehead atoms. The predicted octanol–water partition coefficient (Wildman–Crippen LogP) is 5.90. The van der Waals surface area contributed by atoms with Crippen molar-refractivity contribution < 1.29 is 23.1 Å². The van der Waals surface area contributed by atoms with Crippen LogP contribution < -0.4 is 25.3 Å². The van der Waals surface area contributed by atoms with Crippen molar-refractivity contribution in [3.8, 4) is 5.75 Å². The van der Waals surface area contributed by atoms with Crippen LogP contribution in [0.1, 0.15) is 51.1 Å². The summed E-state index contributed by atoms with van der Waals surface area (Å²) in [5.74, 6) is -0.193. The standard InChI is InChI=1S/C36H46F2N8O3/c1-5-24(3)43-12-14-44(15-13-43)28-7-10-45(11-8-28)32-21-33(48-4)30(20-29(32)42-36(47)6-2)41-34-22-35(40-23-39-34)46-31(9-16-49-46)25-17-26(37)19-27(38)18-25/h6,17-24,28,31H,2,5,7-16H2,1,3-4H3,(H,42,47)(H,39,40,41)/t24?,31-/m1/s1. The second-order valence-electron chi connectivity index (χ2n) is 12.9. The number of anilines is 5. The van der Waals surface area contributed by atoms with E-state index >= 15 is 0 Å². The van der Waals surface area contributed by atoms with Gasteiger partial charge in [0.1, 0.15) is 29.5 Å². The molecule has 11 nitrogen and oxygen atoms in total. The Kier molecular flexibility index (Phi) is 10.9. The number of nitrogens with zero attached hydrogens (tertiary/aromatic N) is 6. The summed E-state index contributed by atoms with van der Waals surface area (Å²) in [6.45, 7) is 14.7. The molecule has 1 aromatic heterocycles. The quantitative estimate of drug-likeness (QED) is 0.239. The molecule has 3 aromatic rings. The van der Waals surface area contributed by atoms with E-state index in [1.165, 1.54) is 31.0 Å². The lowest BCUT2D eigenvalue weighted by atomic mass is 10.0. The van der Waals surface area contributed by atoms with Crippen LogP contribution in [-0.2, 0) is 9.63 Å². The summed E-state index contributed by atoms with van der Waals surface area (Å²) in [4.78, 5) is 34.7. The van der Waals surface area contributed by atoms with Gasteiger partial charge in [0, 0.05) is 76.0 Å². The zero-order valence-corrected chi connectivity index (χ0v) is 28.5. The van der Waals surface area contributed by atoms with E-state index in [4.69, 9.17) is 9.57 Å². The van der Waals surface area contributed by atoms with Crippen molar-refractivity contribution >= 4 is 34.6 Å². The molecule has 0 radical (unpaired) electrons. The minimum atomic E-state index is -0.651. The third-order valence-corrected chi connectivity index (χ3v) is 9.96. The van der Waals surface area contributed by atoms with Gasteiger partial charge in [-0.05, 0) is 56.0 Å². The lowest BCUT2D eigenvalue weighted by molar-refractivity contribution is -0.111. The number of hydrogen-bond acceptors (Lipinski definition) is 10. The molecule has 2 atom stereocenters. The molecule has 2 N–H and O–H groups in total. The van der Waals surface area contributed by atoms with E-state index in [0.29, 0.717) is 59.4 Å². The third kappa shape index (κ3) is 7.95. The fourth-order valence-electron chi connectivity index (χ4n) is 7.09. The third-order valence-electron chi connectivity index (χ3n) is 9.96. The number of nitrogens with one attached hydrogen (secondary N) is 2. The summed E-state index contributed by atoms with van der Waals surface area (Å²) >= 11 is 0. The maximum absolute atomic E-state index is 14.0. The van der Waals surface area contributed by atoms with Gasteiger partial charge >= 0.3 is 0 Å². The Morgan fingerprint density at radius 3 is 2.43 bits per heavy atom. The minimum absolute atomic E-state index is 0.318. The molecule has 4 heterocycles. The van der Waals surface area contributed by atoms with E-state index in [2.05, 4.69) is 55.7 Å². The molecule has 3 aliphatic heterocycles. The monoisotopic (exact) mass is 676 g/mol. The Morgan fingerprint density at radius 1 is 1.02 bits per heavy atom. The van der Waals surface area contributed by atoms with Gasteiger partial charge in [-0.1, -0.05) is 13.5 Å². The van der Waals surface area contributed by atoms with Gasteiger partial charge < -0.3 is 20.3 Å². The maximum Gasteiger partial charge on any atom is 0.247 e. The van der Waals surface area contributed by atoms with Crippen LogP contribution in [0.2, 0.25) is 0 Å². The smallest absolute Gasteiger partial charge is 0.247 e. The number of carbonyl (C=O) groups excluding carboxylic acids is 1. The van der Waals surface area contributed by atoms with Crippen molar-refractivity contribution in [2.24, 2.45) is 0 Å². The number of piperazine rings is 1. The van der Waals surface area contributed by atoms with Crippen LogP contribution in [0.3, 0.4) is 0 Å². The summed E-state index contributed by atoms with van der Waals surface area (Å²) in [6.07, 6.45) is 6.41. The lowest BCUT2D eigenvalue weighted by Crippen LogP contribution is -2.54. The number of ether oxygens (including phenoxy) is 1. The van der Waals surface area contributed by atoms with Crippen LogP contribution in [-0.4, -0.2) is 90.7 Å². The number of hydrogen-bond donors (Lipinski definition) is 2. The fourth-order valence-corrected chi connectivity index (χ4v) is 7.09. The number of hydroxylamine groups is 1. The molecule has 3 aliphatic rings. The van der Waals surface area contributed by atoms with Crippen LogP contribution in [0.5, 0.6) is 5.75 Å². The van der Waals surface area contributed by atoms with E-state index in [1.807, 2.05) is 12.1 Å². The highest BCUT2D eigenvalue weighted by molar-refractivity contribution is 6.02.